The van der Waals surface area contributed by atoms with E-state index in [0.717, 1.165) is 18.7 Å². The summed E-state index contributed by atoms with van der Waals surface area (Å²) < 4.78 is 7.34. The second-order valence-electron chi connectivity index (χ2n) is 9.57. The maximum Gasteiger partial charge on any atom is 0.410 e. The lowest BCUT2D eigenvalue weighted by Crippen LogP contribution is -2.65. The highest BCUT2D eigenvalue weighted by Gasteiger charge is 2.47. The van der Waals surface area contributed by atoms with Crippen LogP contribution >= 0.6 is 0 Å². The molecule has 2 aliphatic heterocycles. The van der Waals surface area contributed by atoms with Crippen LogP contribution in [-0.2, 0) is 22.5 Å². The summed E-state index contributed by atoms with van der Waals surface area (Å²) in [6.45, 7) is 13.6. The van der Waals surface area contributed by atoms with E-state index in [-0.39, 0.29) is 12.0 Å². The smallest absolute Gasteiger partial charge is 0.410 e. The van der Waals surface area contributed by atoms with Crippen LogP contribution < -0.4 is 0 Å². The normalized spacial score (nSPS) is 25.1. The van der Waals surface area contributed by atoms with Crippen LogP contribution in [0.2, 0.25) is 0 Å². The molecule has 1 fully saturated rings. The second kappa shape index (κ2) is 6.49. The highest BCUT2D eigenvalue weighted by Crippen LogP contribution is 2.35. The zero-order valence-corrected chi connectivity index (χ0v) is 17.3. The number of carbonyl (C=O) groups excluding carboxylic acids is 2. The van der Waals surface area contributed by atoms with Crippen LogP contribution in [0.1, 0.15) is 53.8 Å². The molecule has 0 aliphatic carbocycles. The Bertz CT molecular complexity index is 736. The Balaban J connectivity index is 1.71. The fourth-order valence-corrected chi connectivity index (χ4v) is 3.93. The lowest BCUT2D eigenvalue weighted by atomic mass is 9.80. The van der Waals surface area contributed by atoms with Gasteiger partial charge in [-0.3, -0.25) is 4.79 Å². The molecule has 27 heavy (non-hydrogen) atoms. The molecular formula is C19H31N5O3. The van der Waals surface area contributed by atoms with Crippen molar-refractivity contribution in [3.63, 3.8) is 0 Å². The van der Waals surface area contributed by atoms with Crippen LogP contribution in [0, 0.1) is 5.41 Å². The van der Waals surface area contributed by atoms with Gasteiger partial charge in [-0.2, -0.15) is 5.10 Å². The standard InChI is InChI=1S/C19H31N5O3/c1-17(2,3)27-16(26)22-9-10-23(18(4,5)11-22)15(25)19(6)8-7-14-20-13-21-24(14)12-19/h13H,7-12H2,1-6H3. The van der Waals surface area contributed by atoms with Crippen LogP contribution in [-0.4, -0.2) is 67.3 Å². The summed E-state index contributed by atoms with van der Waals surface area (Å²) in [4.78, 5) is 33.8. The molecule has 3 heterocycles. The number of fused-ring (bicyclic) bond motifs is 1. The first-order chi connectivity index (χ1) is 12.4. The molecular weight excluding hydrogens is 346 g/mol. The third-order valence-corrected chi connectivity index (χ3v) is 5.41. The molecule has 1 aromatic rings. The summed E-state index contributed by atoms with van der Waals surface area (Å²) in [7, 11) is 0. The van der Waals surface area contributed by atoms with E-state index in [0.29, 0.717) is 26.2 Å². The van der Waals surface area contributed by atoms with E-state index in [4.69, 9.17) is 4.74 Å². The summed E-state index contributed by atoms with van der Waals surface area (Å²) in [5, 5.41) is 4.25. The zero-order chi connectivity index (χ0) is 20.0. The van der Waals surface area contributed by atoms with Crippen molar-refractivity contribution in [1.29, 1.82) is 0 Å². The molecule has 0 saturated carbocycles. The van der Waals surface area contributed by atoms with Crippen molar-refractivity contribution in [2.75, 3.05) is 19.6 Å². The van der Waals surface area contributed by atoms with Gasteiger partial charge in [-0.05, 0) is 48.0 Å². The minimum absolute atomic E-state index is 0.123. The SMILES string of the molecule is CC(C)(C)OC(=O)N1CCN(C(=O)C2(C)CCc3ncnn3C2)C(C)(C)C1. The van der Waals surface area contributed by atoms with E-state index in [2.05, 4.69) is 10.1 Å². The van der Waals surface area contributed by atoms with Crippen molar-refractivity contribution >= 4 is 12.0 Å². The van der Waals surface area contributed by atoms with E-state index in [1.165, 1.54) is 0 Å². The van der Waals surface area contributed by atoms with Gasteiger partial charge in [0.05, 0.1) is 17.5 Å². The van der Waals surface area contributed by atoms with Gasteiger partial charge >= 0.3 is 6.09 Å². The Kier molecular flexibility index (Phi) is 4.72. The minimum Gasteiger partial charge on any atom is -0.444 e. The number of aromatic nitrogens is 3. The number of aryl methyl sites for hydroxylation is 1. The maximum absolute atomic E-state index is 13.5. The predicted molar refractivity (Wildman–Crippen MR) is 100 cm³/mol. The number of piperazine rings is 1. The summed E-state index contributed by atoms with van der Waals surface area (Å²) in [6.07, 6.45) is 2.74. The molecule has 2 amide bonds. The topological polar surface area (TPSA) is 80.6 Å². The fraction of sp³-hybridized carbons (Fsp3) is 0.789. The molecule has 150 valence electrons. The summed E-state index contributed by atoms with van der Waals surface area (Å²) >= 11 is 0. The third-order valence-electron chi connectivity index (χ3n) is 5.41. The quantitative estimate of drug-likeness (QED) is 0.749. The van der Waals surface area contributed by atoms with Gasteiger partial charge in [-0.15, -0.1) is 0 Å². The van der Waals surface area contributed by atoms with Crippen LogP contribution in [0.25, 0.3) is 0 Å². The van der Waals surface area contributed by atoms with Crippen molar-refractivity contribution in [2.24, 2.45) is 5.41 Å². The van der Waals surface area contributed by atoms with Crippen LogP contribution in [0.4, 0.5) is 4.79 Å². The molecule has 2 aliphatic rings. The minimum atomic E-state index is -0.529. The Morgan fingerprint density at radius 3 is 2.48 bits per heavy atom. The van der Waals surface area contributed by atoms with Gasteiger partial charge in [-0.1, -0.05) is 0 Å². The molecule has 1 unspecified atom stereocenters. The number of hydrogen-bond donors (Lipinski definition) is 0. The Morgan fingerprint density at radius 2 is 1.85 bits per heavy atom. The first kappa shape index (κ1) is 19.6. The molecule has 8 heteroatoms. The highest BCUT2D eigenvalue weighted by atomic mass is 16.6. The van der Waals surface area contributed by atoms with Gasteiger partial charge in [0, 0.05) is 26.1 Å². The number of carbonyl (C=O) groups is 2. The molecule has 8 nitrogen and oxygen atoms in total. The van der Waals surface area contributed by atoms with Crippen molar-refractivity contribution < 1.29 is 14.3 Å². The molecule has 1 atom stereocenters. The van der Waals surface area contributed by atoms with E-state index in [1.54, 1.807) is 11.2 Å². The molecule has 0 N–H and O–H groups in total. The van der Waals surface area contributed by atoms with Gasteiger partial charge in [0.15, 0.2) is 0 Å². The van der Waals surface area contributed by atoms with Gasteiger partial charge in [0.25, 0.3) is 0 Å². The highest BCUT2D eigenvalue weighted by molar-refractivity contribution is 5.83. The molecule has 0 aromatic carbocycles. The zero-order valence-electron chi connectivity index (χ0n) is 17.3. The van der Waals surface area contributed by atoms with E-state index >= 15 is 0 Å². The Hall–Kier alpha value is -2.12. The average Bonchev–Trinajstić information content (AvgIpc) is 2.98. The Labute approximate surface area is 160 Å². The molecule has 0 radical (unpaired) electrons. The first-order valence-corrected chi connectivity index (χ1v) is 9.58. The van der Waals surface area contributed by atoms with Crippen molar-refractivity contribution in [1.82, 2.24) is 24.6 Å². The molecule has 1 saturated heterocycles. The fourth-order valence-electron chi connectivity index (χ4n) is 3.93. The van der Waals surface area contributed by atoms with Crippen molar-refractivity contribution in [3.05, 3.63) is 12.2 Å². The van der Waals surface area contributed by atoms with Crippen LogP contribution in [0.5, 0.6) is 0 Å². The largest absolute Gasteiger partial charge is 0.444 e. The molecule has 1 aromatic heterocycles. The summed E-state index contributed by atoms with van der Waals surface area (Å²) in [5.41, 5.74) is -1.50. The van der Waals surface area contributed by atoms with Crippen LogP contribution in [0.15, 0.2) is 6.33 Å². The summed E-state index contributed by atoms with van der Waals surface area (Å²) in [6, 6.07) is 0. The van der Waals surface area contributed by atoms with Gasteiger partial charge in [-0.25, -0.2) is 14.5 Å². The molecule has 0 bridgehead atoms. The van der Waals surface area contributed by atoms with Crippen molar-refractivity contribution in [3.8, 4) is 0 Å². The lowest BCUT2D eigenvalue weighted by molar-refractivity contribution is -0.153. The second-order valence-corrected chi connectivity index (χ2v) is 9.57. The maximum atomic E-state index is 13.5. The van der Waals surface area contributed by atoms with Crippen LogP contribution in [0.3, 0.4) is 0 Å². The summed E-state index contributed by atoms with van der Waals surface area (Å²) in [5.74, 6) is 1.06. The average molecular weight is 377 g/mol. The van der Waals surface area contributed by atoms with Gasteiger partial charge < -0.3 is 14.5 Å². The molecule has 3 rings (SSSR count). The first-order valence-electron chi connectivity index (χ1n) is 9.58. The molecule has 0 spiro atoms. The number of nitrogens with zero attached hydrogens (tertiary/aromatic N) is 5. The van der Waals surface area contributed by atoms with Gasteiger partial charge in [0.1, 0.15) is 17.8 Å². The van der Waals surface area contributed by atoms with E-state index < -0.39 is 16.6 Å². The number of rotatable bonds is 1. The third kappa shape index (κ3) is 3.94. The van der Waals surface area contributed by atoms with E-state index in [9.17, 15) is 9.59 Å². The Morgan fingerprint density at radius 1 is 1.15 bits per heavy atom. The monoisotopic (exact) mass is 377 g/mol. The number of hydrogen-bond acceptors (Lipinski definition) is 5. The van der Waals surface area contributed by atoms with Crippen molar-refractivity contribution in [2.45, 2.75) is 72.1 Å². The predicted octanol–water partition coefficient (Wildman–Crippen LogP) is 2.09. The number of ether oxygens (including phenoxy) is 1. The van der Waals surface area contributed by atoms with Gasteiger partial charge in [0.2, 0.25) is 5.91 Å². The lowest BCUT2D eigenvalue weighted by Gasteiger charge is -2.50. The van der Waals surface area contributed by atoms with E-state index in [1.807, 2.05) is 51.1 Å². The number of amides is 2.